The van der Waals surface area contributed by atoms with Crippen LogP contribution in [0.3, 0.4) is 0 Å². The van der Waals surface area contributed by atoms with Crippen molar-refractivity contribution in [2.45, 2.75) is 50.7 Å². The number of aromatic nitrogens is 2. The number of amidine groups is 1. The predicted octanol–water partition coefficient (Wildman–Crippen LogP) is 5.45. The standard InChI is InChI=1S/C24H25Cl2N5O3/c1-13-11-16(9-10-31(13)19-8-7-15(12-28-19)24(27)29-32)33-23-21(30-34-22(23)14-5-6-14)20-17(25)3-2-4-18(20)26/h2-4,7-8,12-14,16,32H,5-6,9-11H2,1H3,(H2,27,29)/t13-,16-/m1/s1. The van der Waals surface area contributed by atoms with E-state index in [1.165, 1.54) is 0 Å². The molecule has 1 aromatic carbocycles. The number of halogens is 2. The average molecular weight is 502 g/mol. The molecule has 2 aromatic heterocycles. The number of hydrogen-bond donors (Lipinski definition) is 2. The first-order valence-electron chi connectivity index (χ1n) is 11.3. The van der Waals surface area contributed by atoms with Gasteiger partial charge in [0.1, 0.15) is 11.9 Å². The second-order valence-corrected chi connectivity index (χ2v) is 9.61. The molecule has 0 bridgehead atoms. The molecular weight excluding hydrogens is 477 g/mol. The minimum Gasteiger partial charge on any atom is -0.484 e. The van der Waals surface area contributed by atoms with E-state index in [4.69, 9.17) is 43.4 Å². The van der Waals surface area contributed by atoms with Crippen LogP contribution in [0.1, 0.15) is 49.8 Å². The van der Waals surface area contributed by atoms with Crippen LogP contribution in [-0.2, 0) is 0 Å². The average Bonchev–Trinajstić information content (AvgIpc) is 3.60. The van der Waals surface area contributed by atoms with Crippen molar-refractivity contribution in [3.05, 3.63) is 57.9 Å². The van der Waals surface area contributed by atoms with E-state index >= 15 is 0 Å². The van der Waals surface area contributed by atoms with Crippen molar-refractivity contribution in [2.24, 2.45) is 10.9 Å². The Bertz CT molecular complexity index is 1190. The lowest BCUT2D eigenvalue weighted by molar-refractivity contribution is 0.152. The van der Waals surface area contributed by atoms with E-state index in [0.717, 1.165) is 43.8 Å². The molecule has 0 spiro atoms. The Hall–Kier alpha value is -2.97. The number of anilines is 1. The lowest BCUT2D eigenvalue weighted by Crippen LogP contribution is -2.45. The summed E-state index contributed by atoms with van der Waals surface area (Å²) in [6.07, 6.45) is 5.32. The van der Waals surface area contributed by atoms with Gasteiger partial charge in [-0.05, 0) is 44.0 Å². The van der Waals surface area contributed by atoms with Crippen LogP contribution < -0.4 is 15.4 Å². The number of nitrogens with zero attached hydrogens (tertiary/aromatic N) is 4. The van der Waals surface area contributed by atoms with Gasteiger partial charge in [-0.2, -0.15) is 0 Å². The molecule has 2 aliphatic rings. The SMILES string of the molecule is C[C@@H]1C[C@H](Oc2c(-c3c(Cl)cccc3Cl)noc2C2CC2)CCN1c1ccc(/C(N)=N/O)cn1. The molecule has 34 heavy (non-hydrogen) atoms. The zero-order chi connectivity index (χ0) is 23.8. The van der Waals surface area contributed by atoms with Crippen LogP contribution >= 0.6 is 23.2 Å². The van der Waals surface area contributed by atoms with Gasteiger partial charge in [-0.1, -0.05) is 39.6 Å². The number of hydrogen-bond acceptors (Lipinski definition) is 7. The summed E-state index contributed by atoms with van der Waals surface area (Å²) in [5.41, 5.74) is 7.42. The fourth-order valence-electron chi connectivity index (χ4n) is 4.41. The monoisotopic (exact) mass is 501 g/mol. The van der Waals surface area contributed by atoms with Crippen molar-refractivity contribution < 1.29 is 14.5 Å². The van der Waals surface area contributed by atoms with Gasteiger partial charge in [-0.25, -0.2) is 4.98 Å². The summed E-state index contributed by atoms with van der Waals surface area (Å²) in [6.45, 7) is 2.92. The molecule has 3 N–H and O–H groups in total. The van der Waals surface area contributed by atoms with E-state index < -0.39 is 0 Å². The third kappa shape index (κ3) is 4.40. The highest BCUT2D eigenvalue weighted by molar-refractivity contribution is 6.39. The van der Waals surface area contributed by atoms with Crippen LogP contribution in [0.15, 0.2) is 46.2 Å². The summed E-state index contributed by atoms with van der Waals surface area (Å²) in [7, 11) is 0. The van der Waals surface area contributed by atoms with Crippen LogP contribution in [0.2, 0.25) is 10.0 Å². The molecule has 1 aliphatic heterocycles. The third-order valence-electron chi connectivity index (χ3n) is 6.38. The maximum absolute atomic E-state index is 8.85. The Labute approximate surface area is 207 Å². The topological polar surface area (TPSA) is 110 Å². The van der Waals surface area contributed by atoms with Crippen LogP contribution in [-0.4, -0.2) is 39.9 Å². The quantitative estimate of drug-likeness (QED) is 0.200. The maximum atomic E-state index is 8.85. The Morgan fingerprint density at radius 2 is 1.97 bits per heavy atom. The van der Waals surface area contributed by atoms with E-state index in [1.807, 2.05) is 6.07 Å². The number of ether oxygens (including phenoxy) is 1. The van der Waals surface area contributed by atoms with E-state index in [1.54, 1.807) is 30.5 Å². The minimum absolute atomic E-state index is 0.0143. The molecule has 178 valence electrons. The van der Waals surface area contributed by atoms with Gasteiger partial charge in [-0.15, -0.1) is 0 Å². The molecular formula is C24H25Cl2N5O3. The molecule has 0 unspecified atom stereocenters. The second-order valence-electron chi connectivity index (χ2n) is 8.79. The largest absolute Gasteiger partial charge is 0.484 e. The zero-order valence-electron chi connectivity index (χ0n) is 18.6. The highest BCUT2D eigenvalue weighted by Gasteiger charge is 2.37. The number of piperidine rings is 1. The van der Waals surface area contributed by atoms with Crippen molar-refractivity contribution in [3.8, 4) is 17.0 Å². The summed E-state index contributed by atoms with van der Waals surface area (Å²) < 4.78 is 12.3. The molecule has 1 saturated carbocycles. The normalized spacial score (nSPS) is 21.0. The number of nitrogens with two attached hydrogens (primary N) is 1. The van der Waals surface area contributed by atoms with E-state index in [-0.39, 0.29) is 18.0 Å². The van der Waals surface area contributed by atoms with E-state index in [0.29, 0.717) is 38.5 Å². The van der Waals surface area contributed by atoms with Gasteiger partial charge in [0.2, 0.25) is 0 Å². The number of rotatable bonds is 6. The molecule has 5 rings (SSSR count). The van der Waals surface area contributed by atoms with Crippen LogP contribution in [0.4, 0.5) is 5.82 Å². The van der Waals surface area contributed by atoms with Gasteiger partial charge in [0, 0.05) is 48.7 Å². The van der Waals surface area contributed by atoms with Gasteiger partial charge < -0.3 is 25.1 Å². The molecule has 0 radical (unpaired) electrons. The lowest BCUT2D eigenvalue weighted by atomic mass is 10.00. The molecule has 3 aromatic rings. The lowest BCUT2D eigenvalue weighted by Gasteiger charge is -2.38. The summed E-state index contributed by atoms with van der Waals surface area (Å²) in [6, 6.07) is 9.25. The maximum Gasteiger partial charge on any atom is 0.190 e. The van der Waals surface area contributed by atoms with Crippen LogP contribution in [0.25, 0.3) is 11.3 Å². The number of benzene rings is 1. The first-order chi connectivity index (χ1) is 16.5. The third-order valence-corrected chi connectivity index (χ3v) is 7.01. The molecule has 2 atom stereocenters. The fraction of sp³-hybridized carbons (Fsp3) is 0.375. The van der Waals surface area contributed by atoms with Crippen molar-refractivity contribution in [3.63, 3.8) is 0 Å². The Morgan fingerprint density at radius 1 is 1.21 bits per heavy atom. The summed E-state index contributed by atoms with van der Waals surface area (Å²) in [5.74, 6) is 2.64. The van der Waals surface area contributed by atoms with Crippen molar-refractivity contribution in [1.82, 2.24) is 10.1 Å². The molecule has 8 nitrogen and oxygen atoms in total. The van der Waals surface area contributed by atoms with Crippen molar-refractivity contribution in [2.75, 3.05) is 11.4 Å². The van der Waals surface area contributed by atoms with E-state index in [2.05, 4.69) is 27.1 Å². The highest BCUT2D eigenvalue weighted by atomic mass is 35.5. The Morgan fingerprint density at radius 3 is 2.59 bits per heavy atom. The summed E-state index contributed by atoms with van der Waals surface area (Å²) in [4.78, 5) is 6.73. The molecule has 1 aliphatic carbocycles. The number of oxime groups is 1. The zero-order valence-corrected chi connectivity index (χ0v) is 20.1. The predicted molar refractivity (Wildman–Crippen MR) is 131 cm³/mol. The van der Waals surface area contributed by atoms with Gasteiger partial charge in [0.15, 0.2) is 23.0 Å². The van der Waals surface area contributed by atoms with E-state index in [9.17, 15) is 0 Å². The first kappa shape index (κ1) is 22.8. The van der Waals surface area contributed by atoms with Gasteiger partial charge in [-0.3, -0.25) is 0 Å². The molecule has 1 saturated heterocycles. The van der Waals surface area contributed by atoms with Gasteiger partial charge in [0.05, 0.1) is 10.0 Å². The Kier molecular flexibility index (Phi) is 6.27. The highest BCUT2D eigenvalue weighted by Crippen LogP contribution is 2.50. The van der Waals surface area contributed by atoms with Gasteiger partial charge >= 0.3 is 0 Å². The Balaban J connectivity index is 1.35. The van der Waals surface area contributed by atoms with Crippen molar-refractivity contribution in [1.29, 1.82) is 0 Å². The second kappa shape index (κ2) is 9.35. The molecule has 3 heterocycles. The van der Waals surface area contributed by atoms with Crippen molar-refractivity contribution >= 4 is 34.9 Å². The molecule has 2 fully saturated rings. The summed E-state index contributed by atoms with van der Waals surface area (Å²) in [5, 5.41) is 17.2. The number of pyridine rings is 1. The smallest absolute Gasteiger partial charge is 0.190 e. The molecule has 0 amide bonds. The van der Waals surface area contributed by atoms with Crippen LogP contribution in [0.5, 0.6) is 5.75 Å². The minimum atomic E-state index is -0.0143. The summed E-state index contributed by atoms with van der Waals surface area (Å²) >= 11 is 12.9. The fourth-order valence-corrected chi connectivity index (χ4v) is 4.98. The molecule has 10 heteroatoms. The van der Waals surface area contributed by atoms with Gasteiger partial charge in [0.25, 0.3) is 0 Å². The first-order valence-corrected chi connectivity index (χ1v) is 12.0. The van der Waals surface area contributed by atoms with Crippen LogP contribution in [0, 0.1) is 0 Å².